The molecule has 37 heavy (non-hydrogen) atoms. The molecule has 0 radical (unpaired) electrons. The minimum atomic E-state index is -2.89. The summed E-state index contributed by atoms with van der Waals surface area (Å²) in [4.78, 5) is 20.0. The Kier molecular flexibility index (Phi) is 5.34. The summed E-state index contributed by atoms with van der Waals surface area (Å²) >= 11 is 6.21. The van der Waals surface area contributed by atoms with E-state index in [4.69, 9.17) is 26.6 Å². The van der Waals surface area contributed by atoms with Crippen LogP contribution in [0.1, 0.15) is 64.9 Å². The fourth-order valence-corrected chi connectivity index (χ4v) is 4.62. The Labute approximate surface area is 227 Å². The van der Waals surface area contributed by atoms with Crippen molar-refractivity contribution in [1.29, 1.82) is 0 Å². The van der Waals surface area contributed by atoms with Gasteiger partial charge in [0.05, 0.1) is 49.7 Å². The van der Waals surface area contributed by atoms with E-state index in [9.17, 15) is 15.0 Å². The second-order valence-corrected chi connectivity index (χ2v) is 10.4. The van der Waals surface area contributed by atoms with Crippen LogP contribution in [0.15, 0.2) is 60.8 Å². The third-order valence-corrected chi connectivity index (χ3v) is 7.15. The van der Waals surface area contributed by atoms with Gasteiger partial charge in [0, 0.05) is 27.1 Å². The molecule has 8 heteroatoms. The molecule has 1 saturated carbocycles. The van der Waals surface area contributed by atoms with E-state index in [0.717, 1.165) is 0 Å². The normalized spacial score (nSPS) is 22.5. The van der Waals surface area contributed by atoms with Crippen LogP contribution >= 0.6 is 11.6 Å². The van der Waals surface area contributed by atoms with E-state index in [1.54, 1.807) is 68.4 Å². The molecule has 3 aromatic rings. The van der Waals surface area contributed by atoms with E-state index in [-0.39, 0.29) is 24.9 Å². The summed E-state index contributed by atoms with van der Waals surface area (Å²) in [5, 5.41) is 21.5. The molecule has 0 spiro atoms. The number of aromatic nitrogens is 1. The zero-order valence-corrected chi connectivity index (χ0v) is 21.5. The van der Waals surface area contributed by atoms with E-state index < -0.39 is 35.8 Å². The first-order valence-corrected chi connectivity index (χ1v) is 12.3. The SMILES string of the molecule is [2H]C([2H])(O)C1(C([2H])([2H])O[C@]2(c3ccc(Cl)cc3)c3ccc(C(C)(C)O)cc3C(=O)N2Cc2ccc(OC)cn2)CC1. The van der Waals surface area contributed by atoms with Crippen LogP contribution in [0.25, 0.3) is 0 Å². The van der Waals surface area contributed by atoms with Crippen LogP contribution in [0.5, 0.6) is 5.75 Å². The number of rotatable bonds is 9. The van der Waals surface area contributed by atoms with E-state index in [1.165, 1.54) is 18.2 Å². The van der Waals surface area contributed by atoms with Crippen LogP contribution in [0, 0.1) is 5.41 Å². The summed E-state index contributed by atoms with van der Waals surface area (Å²) < 4.78 is 45.7. The Morgan fingerprint density at radius 2 is 1.89 bits per heavy atom. The fourth-order valence-electron chi connectivity index (χ4n) is 4.49. The van der Waals surface area contributed by atoms with Gasteiger partial charge in [-0.05, 0) is 62.6 Å². The van der Waals surface area contributed by atoms with Crippen molar-refractivity contribution in [2.75, 3.05) is 20.2 Å². The maximum atomic E-state index is 14.2. The van der Waals surface area contributed by atoms with Crippen molar-refractivity contribution in [3.05, 3.63) is 93.8 Å². The molecule has 1 amide bonds. The molecule has 7 nitrogen and oxygen atoms in total. The van der Waals surface area contributed by atoms with Gasteiger partial charge in [0.15, 0.2) is 5.72 Å². The van der Waals surface area contributed by atoms with Gasteiger partial charge in [-0.2, -0.15) is 0 Å². The predicted octanol–water partition coefficient (Wildman–Crippen LogP) is 4.62. The second kappa shape index (κ2) is 9.40. The number of hydrogen-bond donors (Lipinski definition) is 2. The lowest BCUT2D eigenvalue weighted by Crippen LogP contribution is -2.47. The number of halogens is 1. The van der Waals surface area contributed by atoms with Crippen LogP contribution in [-0.4, -0.2) is 46.2 Å². The molecule has 0 unspecified atom stereocenters. The van der Waals surface area contributed by atoms with Crippen LogP contribution in [0.2, 0.25) is 5.02 Å². The molecule has 1 aromatic heterocycles. The number of pyridine rings is 1. The van der Waals surface area contributed by atoms with Gasteiger partial charge in [0.25, 0.3) is 5.91 Å². The third kappa shape index (κ3) is 4.61. The van der Waals surface area contributed by atoms with Crippen molar-refractivity contribution in [2.24, 2.45) is 5.41 Å². The van der Waals surface area contributed by atoms with Crippen molar-refractivity contribution < 1.29 is 30.0 Å². The average molecular weight is 527 g/mol. The van der Waals surface area contributed by atoms with Crippen LogP contribution in [0.3, 0.4) is 0 Å². The number of fused-ring (bicyclic) bond motifs is 1. The number of methoxy groups -OCH3 is 1. The molecule has 2 N–H and O–H groups in total. The molecule has 2 aromatic carbocycles. The molecule has 0 bridgehead atoms. The first kappa shape index (κ1) is 21.0. The molecule has 194 valence electrons. The van der Waals surface area contributed by atoms with E-state index in [2.05, 4.69) is 4.98 Å². The summed E-state index contributed by atoms with van der Waals surface area (Å²) in [6.07, 6.45) is 1.58. The monoisotopic (exact) mass is 526 g/mol. The van der Waals surface area contributed by atoms with E-state index >= 15 is 0 Å². The molecular formula is C29H31ClN2O5. The Bertz CT molecular complexity index is 1470. The smallest absolute Gasteiger partial charge is 0.257 e. The average Bonchev–Trinajstić information content (AvgIpc) is 3.71. The van der Waals surface area contributed by atoms with Gasteiger partial charge in [0.2, 0.25) is 0 Å². The number of nitrogens with zero attached hydrogens (tertiary/aromatic N) is 2. The molecule has 1 aliphatic carbocycles. The van der Waals surface area contributed by atoms with Crippen molar-refractivity contribution in [1.82, 2.24) is 9.88 Å². The second-order valence-electron chi connectivity index (χ2n) is 9.95. The first-order valence-electron chi connectivity index (χ1n) is 13.9. The summed E-state index contributed by atoms with van der Waals surface area (Å²) in [5.74, 6) is 0.00308. The fraction of sp³-hybridized carbons (Fsp3) is 0.379. The van der Waals surface area contributed by atoms with E-state index in [1.807, 2.05) is 0 Å². The van der Waals surface area contributed by atoms with Crippen LogP contribution < -0.4 is 4.74 Å². The maximum Gasteiger partial charge on any atom is 0.257 e. The number of ether oxygens (including phenoxy) is 2. The number of hydrogen-bond acceptors (Lipinski definition) is 6. The molecular weight excluding hydrogens is 492 g/mol. The van der Waals surface area contributed by atoms with Crippen molar-refractivity contribution in [3.8, 4) is 5.75 Å². The summed E-state index contributed by atoms with van der Waals surface area (Å²) in [6, 6.07) is 14.6. The van der Waals surface area contributed by atoms with Gasteiger partial charge in [-0.1, -0.05) is 35.9 Å². The highest BCUT2D eigenvalue weighted by atomic mass is 35.5. The summed E-state index contributed by atoms with van der Waals surface area (Å²) in [6.45, 7) is -2.57. The van der Waals surface area contributed by atoms with Crippen LogP contribution in [0.4, 0.5) is 0 Å². The highest BCUT2D eigenvalue weighted by Gasteiger charge is 2.55. The van der Waals surface area contributed by atoms with Crippen molar-refractivity contribution in [3.63, 3.8) is 0 Å². The highest BCUT2D eigenvalue weighted by molar-refractivity contribution is 6.30. The minimum absolute atomic E-state index is 0.0404. The largest absolute Gasteiger partial charge is 0.495 e. The highest BCUT2D eigenvalue weighted by Crippen LogP contribution is 2.51. The molecule has 1 atom stereocenters. The van der Waals surface area contributed by atoms with Gasteiger partial charge in [0.1, 0.15) is 5.75 Å². The van der Waals surface area contributed by atoms with Gasteiger partial charge < -0.3 is 19.7 Å². The lowest BCUT2D eigenvalue weighted by molar-refractivity contribution is -0.129. The third-order valence-electron chi connectivity index (χ3n) is 6.89. The number of aliphatic hydroxyl groups is 2. The zero-order chi connectivity index (χ0) is 30.0. The number of carbonyl (C=O) groups is 1. The van der Waals surface area contributed by atoms with Crippen LogP contribution in [-0.2, 0) is 22.6 Å². The number of benzene rings is 2. The molecule has 5 rings (SSSR count). The Hall–Kier alpha value is -2.97. The molecule has 2 aliphatic rings. The molecule has 0 saturated heterocycles. The Balaban J connectivity index is 1.76. The van der Waals surface area contributed by atoms with Gasteiger partial charge in [-0.3, -0.25) is 14.7 Å². The van der Waals surface area contributed by atoms with Gasteiger partial charge in [-0.25, -0.2) is 0 Å². The van der Waals surface area contributed by atoms with Gasteiger partial charge in [-0.15, -0.1) is 0 Å². The number of carbonyl (C=O) groups excluding carboxylic acids is 1. The minimum Gasteiger partial charge on any atom is -0.495 e. The lowest BCUT2D eigenvalue weighted by atomic mass is 9.89. The van der Waals surface area contributed by atoms with Gasteiger partial charge >= 0.3 is 0 Å². The van der Waals surface area contributed by atoms with Crippen molar-refractivity contribution >= 4 is 17.5 Å². The molecule has 1 fully saturated rings. The van der Waals surface area contributed by atoms with Crippen molar-refractivity contribution in [2.45, 2.75) is 44.6 Å². The maximum absolute atomic E-state index is 14.2. The standard InChI is InChI=1S/C29H31ClN2O5/c1-27(2,35)20-6-11-25-24(14-20)26(34)32(16-22-9-10-23(36-3)15-31-22)29(25,19-4-7-21(30)8-5-19)37-18-28(17-33)12-13-28/h4-11,14-15,33,35H,12-13,16-18H2,1-3H3/t29-/m1/s1/i17D2,18D2. The van der Waals surface area contributed by atoms with E-state index in [0.29, 0.717) is 33.2 Å². The first-order chi connectivity index (χ1) is 19.1. The zero-order valence-electron chi connectivity index (χ0n) is 24.8. The lowest BCUT2D eigenvalue weighted by Gasteiger charge is -2.40. The topological polar surface area (TPSA) is 92.1 Å². The number of amides is 1. The quantitative estimate of drug-likeness (QED) is 0.423. The molecule has 1 aliphatic heterocycles. The Morgan fingerprint density at radius 1 is 1.16 bits per heavy atom. The summed E-state index contributed by atoms with van der Waals surface area (Å²) in [7, 11) is 1.51. The predicted molar refractivity (Wildman–Crippen MR) is 139 cm³/mol. The Morgan fingerprint density at radius 3 is 2.46 bits per heavy atom. The molecule has 2 heterocycles. The summed E-state index contributed by atoms with van der Waals surface area (Å²) in [5.41, 5.74) is -3.29.